The van der Waals surface area contributed by atoms with E-state index in [1.54, 1.807) is 0 Å². The van der Waals surface area contributed by atoms with Gasteiger partial charge in [0.15, 0.2) is 0 Å². The molecular formula is C33H48O2. The lowest BCUT2D eigenvalue weighted by molar-refractivity contribution is -0.137. The average molecular weight is 477 g/mol. The topological polar surface area (TPSA) is 18.5 Å². The molecule has 2 nitrogen and oxygen atoms in total. The molecule has 0 radical (unpaired) electrons. The zero-order valence-corrected chi connectivity index (χ0v) is 22.4. The van der Waals surface area contributed by atoms with E-state index < -0.39 is 0 Å². The van der Waals surface area contributed by atoms with Gasteiger partial charge in [0.2, 0.25) is 0 Å². The van der Waals surface area contributed by atoms with Crippen LogP contribution >= 0.6 is 0 Å². The lowest BCUT2D eigenvalue weighted by atomic mass is 9.77. The molecule has 0 N–H and O–H groups in total. The van der Waals surface area contributed by atoms with E-state index in [1.807, 2.05) is 0 Å². The fourth-order valence-electron chi connectivity index (χ4n) is 6.01. The van der Waals surface area contributed by atoms with Gasteiger partial charge in [-0.3, -0.25) is 0 Å². The molecule has 0 amide bonds. The Morgan fingerprint density at radius 3 is 1.80 bits per heavy atom. The molecule has 4 rings (SSSR count). The van der Waals surface area contributed by atoms with Gasteiger partial charge in [-0.2, -0.15) is 0 Å². The van der Waals surface area contributed by atoms with E-state index in [1.165, 1.54) is 99.3 Å². The maximum Gasteiger partial charge on any atom is 0.106 e. The predicted molar refractivity (Wildman–Crippen MR) is 148 cm³/mol. The second-order valence-electron chi connectivity index (χ2n) is 11.1. The van der Waals surface area contributed by atoms with Crippen LogP contribution in [0.25, 0.3) is 11.1 Å². The number of unbranched alkanes of at least 4 members (excludes halogenated alkanes) is 5. The van der Waals surface area contributed by atoms with Crippen LogP contribution in [0.1, 0.15) is 120 Å². The van der Waals surface area contributed by atoms with Crippen molar-refractivity contribution in [2.24, 2.45) is 5.92 Å². The quantitative estimate of drug-likeness (QED) is 0.284. The molecule has 192 valence electrons. The van der Waals surface area contributed by atoms with Gasteiger partial charge in [-0.1, -0.05) is 114 Å². The maximum absolute atomic E-state index is 6.17. The molecule has 2 aliphatic rings. The highest BCUT2D eigenvalue weighted by Crippen LogP contribution is 2.38. The van der Waals surface area contributed by atoms with Crippen LogP contribution in [-0.4, -0.2) is 19.3 Å². The minimum Gasteiger partial charge on any atom is -0.373 e. The molecule has 0 spiro atoms. The molecule has 0 aromatic heterocycles. The molecule has 35 heavy (non-hydrogen) atoms. The molecule has 1 aliphatic heterocycles. The van der Waals surface area contributed by atoms with Crippen molar-refractivity contribution in [3.8, 4) is 11.1 Å². The first-order valence-electron chi connectivity index (χ1n) is 14.7. The maximum atomic E-state index is 6.17. The molecule has 2 aromatic rings. The predicted octanol–water partition coefficient (Wildman–Crippen LogP) is 9.63. The van der Waals surface area contributed by atoms with E-state index >= 15 is 0 Å². The van der Waals surface area contributed by atoms with E-state index in [9.17, 15) is 0 Å². The Morgan fingerprint density at radius 2 is 1.20 bits per heavy atom. The van der Waals surface area contributed by atoms with E-state index in [-0.39, 0.29) is 12.2 Å². The Bertz CT molecular complexity index is 824. The van der Waals surface area contributed by atoms with Crippen molar-refractivity contribution in [3.63, 3.8) is 0 Å². The van der Waals surface area contributed by atoms with Gasteiger partial charge in [0.1, 0.15) is 6.10 Å². The zero-order valence-electron chi connectivity index (χ0n) is 22.4. The van der Waals surface area contributed by atoms with Gasteiger partial charge in [-0.05, 0) is 66.2 Å². The molecular weight excluding hydrogens is 428 g/mol. The highest BCUT2D eigenvalue weighted by molar-refractivity contribution is 5.64. The van der Waals surface area contributed by atoms with Crippen LogP contribution in [0.2, 0.25) is 0 Å². The summed E-state index contributed by atoms with van der Waals surface area (Å²) < 4.78 is 12.3. The van der Waals surface area contributed by atoms with E-state index in [4.69, 9.17) is 9.47 Å². The van der Waals surface area contributed by atoms with Crippen LogP contribution in [0.5, 0.6) is 0 Å². The van der Waals surface area contributed by atoms with Crippen molar-refractivity contribution in [1.29, 1.82) is 0 Å². The Morgan fingerprint density at radius 1 is 0.600 bits per heavy atom. The fraction of sp³-hybridized carbons (Fsp3) is 0.636. The van der Waals surface area contributed by atoms with Crippen LogP contribution in [0, 0.1) is 5.92 Å². The molecule has 1 heterocycles. The SMILES string of the molecule is CCCCCCC1COC(c2ccc(-c3ccc(C4CCC(CCCCC)CC4)cc3)cc2)CO1. The highest BCUT2D eigenvalue weighted by atomic mass is 16.6. The largest absolute Gasteiger partial charge is 0.373 e. The summed E-state index contributed by atoms with van der Waals surface area (Å²) >= 11 is 0. The summed E-state index contributed by atoms with van der Waals surface area (Å²) in [6.45, 7) is 5.96. The van der Waals surface area contributed by atoms with Gasteiger partial charge in [-0.15, -0.1) is 0 Å². The van der Waals surface area contributed by atoms with Crippen LogP contribution in [0.4, 0.5) is 0 Å². The van der Waals surface area contributed by atoms with Gasteiger partial charge in [0, 0.05) is 0 Å². The van der Waals surface area contributed by atoms with Crippen molar-refractivity contribution in [1.82, 2.24) is 0 Å². The molecule has 1 aliphatic carbocycles. The first kappa shape index (κ1) is 26.4. The van der Waals surface area contributed by atoms with Crippen molar-refractivity contribution in [2.75, 3.05) is 13.2 Å². The average Bonchev–Trinajstić information content (AvgIpc) is 2.92. The smallest absolute Gasteiger partial charge is 0.106 e. The van der Waals surface area contributed by atoms with Crippen molar-refractivity contribution in [2.45, 2.75) is 115 Å². The van der Waals surface area contributed by atoms with Crippen molar-refractivity contribution >= 4 is 0 Å². The second kappa shape index (κ2) is 14.2. The number of hydrogen-bond donors (Lipinski definition) is 0. The lowest BCUT2D eigenvalue weighted by Crippen LogP contribution is -2.31. The summed E-state index contributed by atoms with van der Waals surface area (Å²) in [6, 6.07) is 18.3. The van der Waals surface area contributed by atoms with Gasteiger partial charge in [0.05, 0.1) is 19.3 Å². The van der Waals surface area contributed by atoms with E-state index in [0.29, 0.717) is 6.61 Å². The molecule has 2 unspecified atom stereocenters. The summed E-state index contributed by atoms with van der Waals surface area (Å²) in [5, 5.41) is 0. The highest BCUT2D eigenvalue weighted by Gasteiger charge is 2.24. The summed E-state index contributed by atoms with van der Waals surface area (Å²) in [5.41, 5.74) is 5.35. The Balaban J connectivity index is 1.23. The first-order chi connectivity index (χ1) is 17.3. The molecule has 2 aromatic carbocycles. The summed E-state index contributed by atoms with van der Waals surface area (Å²) in [5.74, 6) is 1.73. The van der Waals surface area contributed by atoms with Gasteiger partial charge in [-0.25, -0.2) is 0 Å². The number of hydrogen-bond acceptors (Lipinski definition) is 2. The standard InChI is InChI=1S/C33H48O2/c1-3-5-7-9-11-32-24-35-33(25-34-32)31-22-20-30(21-23-31)29-18-16-28(17-19-29)27-14-12-26(13-15-27)10-8-6-4-2/h16-23,26-27,32-33H,3-15,24-25H2,1-2H3. The Kier molecular flexibility index (Phi) is 10.7. The number of ether oxygens (including phenoxy) is 2. The summed E-state index contributed by atoms with van der Waals surface area (Å²) in [7, 11) is 0. The summed E-state index contributed by atoms with van der Waals surface area (Å²) in [6.07, 6.45) is 17.8. The second-order valence-corrected chi connectivity index (χ2v) is 11.1. The van der Waals surface area contributed by atoms with Crippen LogP contribution in [0.3, 0.4) is 0 Å². The lowest BCUT2D eigenvalue weighted by Gasteiger charge is -2.30. The minimum atomic E-state index is 0.0652. The molecule has 1 saturated heterocycles. The monoisotopic (exact) mass is 476 g/mol. The molecule has 1 saturated carbocycles. The van der Waals surface area contributed by atoms with E-state index in [2.05, 4.69) is 62.4 Å². The molecule has 2 atom stereocenters. The van der Waals surface area contributed by atoms with Crippen LogP contribution < -0.4 is 0 Å². The van der Waals surface area contributed by atoms with Crippen LogP contribution in [-0.2, 0) is 9.47 Å². The van der Waals surface area contributed by atoms with Gasteiger partial charge < -0.3 is 9.47 Å². The minimum absolute atomic E-state index is 0.0652. The van der Waals surface area contributed by atoms with Crippen molar-refractivity contribution in [3.05, 3.63) is 59.7 Å². The molecule has 2 fully saturated rings. The molecule has 0 bridgehead atoms. The summed E-state index contributed by atoms with van der Waals surface area (Å²) in [4.78, 5) is 0. The van der Waals surface area contributed by atoms with Crippen molar-refractivity contribution < 1.29 is 9.47 Å². The third-order valence-electron chi connectivity index (χ3n) is 8.41. The third-order valence-corrected chi connectivity index (χ3v) is 8.41. The van der Waals surface area contributed by atoms with Gasteiger partial charge in [0.25, 0.3) is 0 Å². The Labute approximate surface area is 214 Å². The number of benzene rings is 2. The fourth-order valence-corrected chi connectivity index (χ4v) is 6.01. The van der Waals surface area contributed by atoms with E-state index in [0.717, 1.165) is 24.9 Å². The van der Waals surface area contributed by atoms with Crippen LogP contribution in [0.15, 0.2) is 48.5 Å². The normalized spacial score (nSPS) is 25.0. The Hall–Kier alpha value is -1.64. The van der Waals surface area contributed by atoms with Gasteiger partial charge >= 0.3 is 0 Å². The number of rotatable bonds is 12. The zero-order chi connectivity index (χ0) is 24.3. The third kappa shape index (κ3) is 7.92. The first-order valence-corrected chi connectivity index (χ1v) is 14.7. The molecule has 2 heteroatoms.